The summed E-state index contributed by atoms with van der Waals surface area (Å²) >= 11 is 3.40. The summed E-state index contributed by atoms with van der Waals surface area (Å²) in [5.74, 6) is 3.42. The molecule has 162 valence electrons. The molecule has 2 aromatic carbocycles. The fourth-order valence-electron chi connectivity index (χ4n) is 3.05. The van der Waals surface area contributed by atoms with Gasteiger partial charge in [-0.3, -0.25) is 9.36 Å². The minimum atomic E-state index is -0.254. The lowest BCUT2D eigenvalue weighted by Crippen LogP contribution is -2.12. The Balaban J connectivity index is 1.48. The van der Waals surface area contributed by atoms with E-state index in [-0.39, 0.29) is 5.91 Å². The molecule has 0 radical (unpaired) electrons. The number of benzene rings is 2. The fourth-order valence-corrected chi connectivity index (χ4v) is 3.48. The van der Waals surface area contributed by atoms with Crippen molar-refractivity contribution in [1.29, 1.82) is 0 Å². The number of amides is 1. The van der Waals surface area contributed by atoms with Gasteiger partial charge in [0, 0.05) is 28.6 Å². The quantitative estimate of drug-likeness (QED) is 0.401. The van der Waals surface area contributed by atoms with Gasteiger partial charge in [-0.2, -0.15) is 4.98 Å². The molecule has 0 spiro atoms. The lowest BCUT2D eigenvalue weighted by molar-refractivity contribution is 0.102. The molecule has 0 atom stereocenters. The monoisotopic (exact) mass is 493 g/mol. The zero-order valence-corrected chi connectivity index (χ0v) is 19.3. The van der Waals surface area contributed by atoms with Gasteiger partial charge in [0.05, 0.1) is 12.7 Å². The highest BCUT2D eigenvalue weighted by atomic mass is 79.9. The number of nitrogens with zero attached hydrogens (tertiary/aromatic N) is 4. The van der Waals surface area contributed by atoms with Crippen molar-refractivity contribution in [2.45, 2.75) is 13.8 Å². The number of nitrogens with one attached hydrogen (secondary N) is 1. The van der Waals surface area contributed by atoms with Crippen LogP contribution in [0.5, 0.6) is 17.4 Å². The van der Waals surface area contributed by atoms with Crippen LogP contribution in [0.1, 0.15) is 22.0 Å². The highest BCUT2D eigenvalue weighted by Crippen LogP contribution is 2.26. The number of carbonyl (C=O) groups is 1. The summed E-state index contributed by atoms with van der Waals surface area (Å²) in [6.07, 6.45) is 3.55. The van der Waals surface area contributed by atoms with Gasteiger partial charge in [-0.25, -0.2) is 9.97 Å². The molecule has 4 aromatic rings. The van der Waals surface area contributed by atoms with Crippen LogP contribution in [0.3, 0.4) is 0 Å². The van der Waals surface area contributed by atoms with Crippen molar-refractivity contribution in [1.82, 2.24) is 19.5 Å². The van der Waals surface area contributed by atoms with Gasteiger partial charge in [0.15, 0.2) is 0 Å². The van der Waals surface area contributed by atoms with Gasteiger partial charge in [0.2, 0.25) is 5.88 Å². The van der Waals surface area contributed by atoms with E-state index >= 15 is 0 Å². The molecule has 9 heteroatoms. The van der Waals surface area contributed by atoms with Crippen LogP contribution in [0.2, 0.25) is 0 Å². The van der Waals surface area contributed by atoms with Gasteiger partial charge >= 0.3 is 0 Å². The number of aryl methyl sites for hydroxylation is 2. The largest absolute Gasteiger partial charge is 0.497 e. The normalized spacial score (nSPS) is 10.6. The number of carbonyl (C=O) groups excluding carboxylic acids is 1. The van der Waals surface area contributed by atoms with Gasteiger partial charge < -0.3 is 14.8 Å². The molecule has 0 fully saturated rings. The molecule has 0 aliphatic rings. The van der Waals surface area contributed by atoms with Gasteiger partial charge in [-0.1, -0.05) is 0 Å². The molecular formula is C23H20BrN5O3. The molecule has 4 rings (SSSR count). The average molecular weight is 494 g/mol. The Morgan fingerprint density at radius 2 is 1.78 bits per heavy atom. The molecule has 1 amide bonds. The van der Waals surface area contributed by atoms with E-state index in [2.05, 4.69) is 36.2 Å². The lowest BCUT2D eigenvalue weighted by atomic mass is 10.2. The molecule has 32 heavy (non-hydrogen) atoms. The van der Waals surface area contributed by atoms with Crippen LogP contribution in [-0.4, -0.2) is 32.5 Å². The highest BCUT2D eigenvalue weighted by molar-refractivity contribution is 9.10. The number of imidazole rings is 1. The van der Waals surface area contributed by atoms with E-state index in [4.69, 9.17) is 9.47 Å². The Morgan fingerprint density at radius 3 is 2.47 bits per heavy atom. The van der Waals surface area contributed by atoms with Gasteiger partial charge in [-0.15, -0.1) is 0 Å². The molecule has 0 saturated carbocycles. The molecule has 0 aliphatic heterocycles. The van der Waals surface area contributed by atoms with Crippen LogP contribution in [0.25, 0.3) is 5.82 Å². The number of methoxy groups -OCH3 is 1. The molecule has 8 nitrogen and oxygen atoms in total. The third-order valence-corrected chi connectivity index (χ3v) is 5.32. The molecule has 0 saturated heterocycles. The smallest absolute Gasteiger partial charge is 0.256 e. The molecular weight excluding hydrogens is 474 g/mol. The minimum Gasteiger partial charge on any atom is -0.497 e. The molecule has 0 bridgehead atoms. The topological polar surface area (TPSA) is 91.2 Å². The van der Waals surface area contributed by atoms with E-state index in [9.17, 15) is 4.79 Å². The highest BCUT2D eigenvalue weighted by Gasteiger charge is 2.12. The number of hydrogen-bond donors (Lipinski definition) is 1. The molecule has 0 unspecified atom stereocenters. The molecule has 0 aliphatic carbocycles. The average Bonchev–Trinajstić information content (AvgIpc) is 3.21. The van der Waals surface area contributed by atoms with Crippen molar-refractivity contribution in [2.75, 3.05) is 12.4 Å². The van der Waals surface area contributed by atoms with Crippen LogP contribution in [0.4, 0.5) is 5.69 Å². The summed E-state index contributed by atoms with van der Waals surface area (Å²) in [5, 5.41) is 2.87. The summed E-state index contributed by atoms with van der Waals surface area (Å²) in [5.41, 5.74) is 1.11. The summed E-state index contributed by atoms with van der Waals surface area (Å²) in [6, 6.07) is 14.0. The standard InChI is InChI=1S/C23H20BrN5O3/c1-14-26-21(29-11-10-25-15(29)2)13-22(27-14)32-17-6-4-16(5-7-17)28-23(30)19-12-18(31-3)8-9-20(19)24/h4-13H,1-3H3,(H,28,30). The van der Waals surface area contributed by atoms with Crippen molar-refractivity contribution in [3.8, 4) is 23.2 Å². The van der Waals surface area contributed by atoms with Crippen LogP contribution < -0.4 is 14.8 Å². The molecule has 1 N–H and O–H groups in total. The maximum absolute atomic E-state index is 12.6. The Labute approximate surface area is 193 Å². The second-order valence-electron chi connectivity index (χ2n) is 6.88. The third kappa shape index (κ3) is 4.78. The van der Waals surface area contributed by atoms with E-state index < -0.39 is 0 Å². The summed E-state index contributed by atoms with van der Waals surface area (Å²) in [7, 11) is 1.56. The first-order chi connectivity index (χ1) is 15.4. The molecule has 2 heterocycles. The SMILES string of the molecule is COc1ccc(Br)c(C(=O)Nc2ccc(Oc3cc(-n4ccnc4C)nc(C)n3)cc2)c1. The van der Waals surface area contributed by atoms with Gasteiger partial charge in [0.1, 0.15) is 29.0 Å². The predicted molar refractivity (Wildman–Crippen MR) is 124 cm³/mol. The van der Waals surface area contributed by atoms with Crippen molar-refractivity contribution >= 4 is 27.5 Å². The first kappa shape index (κ1) is 21.5. The van der Waals surface area contributed by atoms with E-state index in [1.165, 1.54) is 0 Å². The number of halogens is 1. The van der Waals surface area contributed by atoms with Crippen molar-refractivity contribution < 1.29 is 14.3 Å². The number of aromatic nitrogens is 4. The molecule has 2 aromatic heterocycles. The summed E-state index contributed by atoms with van der Waals surface area (Å²) in [4.78, 5) is 25.7. The zero-order chi connectivity index (χ0) is 22.7. The van der Waals surface area contributed by atoms with E-state index in [0.29, 0.717) is 44.7 Å². The third-order valence-electron chi connectivity index (χ3n) is 4.63. The van der Waals surface area contributed by atoms with Crippen LogP contribution in [0, 0.1) is 13.8 Å². The first-order valence-corrected chi connectivity index (χ1v) is 10.5. The fraction of sp³-hybridized carbons (Fsp3) is 0.130. The second-order valence-corrected chi connectivity index (χ2v) is 7.74. The minimum absolute atomic E-state index is 0.254. The predicted octanol–water partition coefficient (Wildman–Crippen LogP) is 5.09. The number of ether oxygens (including phenoxy) is 2. The number of rotatable bonds is 6. The van der Waals surface area contributed by atoms with Crippen LogP contribution in [0.15, 0.2) is 65.4 Å². The maximum atomic E-state index is 12.6. The van der Waals surface area contributed by atoms with Gasteiger partial charge in [0.25, 0.3) is 5.91 Å². The summed E-state index contributed by atoms with van der Waals surface area (Å²) in [6.45, 7) is 3.70. The van der Waals surface area contributed by atoms with Crippen molar-refractivity contribution in [3.63, 3.8) is 0 Å². The Bertz CT molecular complexity index is 1270. The lowest BCUT2D eigenvalue weighted by Gasteiger charge is -2.11. The number of hydrogen-bond acceptors (Lipinski definition) is 6. The van der Waals surface area contributed by atoms with Crippen LogP contribution in [-0.2, 0) is 0 Å². The van der Waals surface area contributed by atoms with Crippen molar-refractivity contribution in [3.05, 3.63) is 82.6 Å². The first-order valence-electron chi connectivity index (χ1n) is 9.72. The Hall–Kier alpha value is -3.72. The van der Waals surface area contributed by atoms with Gasteiger partial charge in [-0.05, 0) is 72.2 Å². The summed E-state index contributed by atoms with van der Waals surface area (Å²) < 4.78 is 13.6. The number of anilines is 1. The zero-order valence-electron chi connectivity index (χ0n) is 17.7. The van der Waals surface area contributed by atoms with E-state index in [1.54, 1.807) is 68.8 Å². The maximum Gasteiger partial charge on any atom is 0.256 e. The van der Waals surface area contributed by atoms with Crippen molar-refractivity contribution in [2.24, 2.45) is 0 Å². The van der Waals surface area contributed by atoms with Crippen LogP contribution >= 0.6 is 15.9 Å². The second kappa shape index (κ2) is 9.19. The van der Waals surface area contributed by atoms with E-state index in [1.807, 2.05) is 17.7 Å². The Morgan fingerprint density at radius 1 is 1.03 bits per heavy atom. The Kier molecular flexibility index (Phi) is 6.18. The van der Waals surface area contributed by atoms with E-state index in [0.717, 1.165) is 5.82 Å².